The third-order valence-electron chi connectivity index (χ3n) is 2.20. The van der Waals surface area contributed by atoms with Crippen molar-refractivity contribution in [2.24, 2.45) is 5.92 Å². The summed E-state index contributed by atoms with van der Waals surface area (Å²) in [6, 6.07) is 3.84. The first-order chi connectivity index (χ1) is 7.83. The molecule has 0 heterocycles. The highest BCUT2D eigenvalue weighted by Gasteiger charge is 2.18. The smallest absolute Gasteiger partial charge is 0.211 e. The molecule has 0 amide bonds. The van der Waals surface area contributed by atoms with Crippen LogP contribution in [0.1, 0.15) is 20.3 Å². The molecule has 1 N–H and O–H groups in total. The topological polar surface area (TPSA) is 46.2 Å². The predicted molar refractivity (Wildman–Crippen MR) is 68.7 cm³/mol. The van der Waals surface area contributed by atoms with Crippen LogP contribution in [0.3, 0.4) is 0 Å². The van der Waals surface area contributed by atoms with Crippen LogP contribution in [0.4, 0.5) is 4.39 Å². The van der Waals surface area contributed by atoms with E-state index in [2.05, 4.69) is 20.7 Å². The lowest BCUT2D eigenvalue weighted by Crippen LogP contribution is -2.26. The molecule has 0 bridgehead atoms. The van der Waals surface area contributed by atoms with Gasteiger partial charge in [-0.2, -0.15) is 0 Å². The van der Waals surface area contributed by atoms with E-state index in [4.69, 9.17) is 0 Å². The number of nitrogens with one attached hydrogen (secondary N) is 1. The summed E-state index contributed by atoms with van der Waals surface area (Å²) in [5.41, 5.74) is 0. The van der Waals surface area contributed by atoms with Gasteiger partial charge in [0.1, 0.15) is 10.7 Å². The molecule has 0 unspecified atom stereocenters. The molecule has 0 spiro atoms. The number of sulfonamides is 1. The molecule has 0 saturated heterocycles. The van der Waals surface area contributed by atoms with E-state index in [-0.39, 0.29) is 4.90 Å². The SMILES string of the molecule is CC(C)CCNS(=O)(=O)c1cc(Br)ccc1F. The van der Waals surface area contributed by atoms with Crippen molar-refractivity contribution in [3.05, 3.63) is 28.5 Å². The van der Waals surface area contributed by atoms with Gasteiger partial charge in [0.25, 0.3) is 0 Å². The Morgan fingerprint density at radius 2 is 2.06 bits per heavy atom. The summed E-state index contributed by atoms with van der Waals surface area (Å²) in [4.78, 5) is -0.323. The molecule has 0 aliphatic heterocycles. The van der Waals surface area contributed by atoms with Gasteiger partial charge in [0.05, 0.1) is 0 Å². The minimum atomic E-state index is -3.76. The Labute approximate surface area is 110 Å². The average Bonchev–Trinajstić information content (AvgIpc) is 2.20. The number of hydrogen-bond acceptors (Lipinski definition) is 2. The number of benzene rings is 1. The molecule has 96 valence electrons. The third-order valence-corrected chi connectivity index (χ3v) is 4.17. The molecule has 0 aromatic heterocycles. The Kier molecular flexibility index (Phi) is 5.09. The van der Waals surface area contributed by atoms with Gasteiger partial charge in [0.15, 0.2) is 0 Å². The van der Waals surface area contributed by atoms with Crippen LogP contribution in [0, 0.1) is 11.7 Å². The van der Waals surface area contributed by atoms with Crippen LogP contribution in [0.2, 0.25) is 0 Å². The van der Waals surface area contributed by atoms with Crippen LogP contribution in [-0.2, 0) is 10.0 Å². The van der Waals surface area contributed by atoms with E-state index in [1.54, 1.807) is 0 Å². The first-order valence-corrected chi connectivity index (χ1v) is 7.55. The summed E-state index contributed by atoms with van der Waals surface area (Å²) in [7, 11) is -3.76. The molecule has 3 nitrogen and oxygen atoms in total. The van der Waals surface area contributed by atoms with Gasteiger partial charge in [-0.05, 0) is 30.5 Å². The van der Waals surface area contributed by atoms with Crippen LogP contribution < -0.4 is 4.72 Å². The van der Waals surface area contributed by atoms with Crippen molar-refractivity contribution in [3.63, 3.8) is 0 Å². The molecular formula is C11H15BrFNO2S. The van der Waals surface area contributed by atoms with Crippen molar-refractivity contribution in [2.45, 2.75) is 25.2 Å². The Bertz CT molecular complexity index is 488. The maximum atomic E-state index is 13.4. The molecule has 17 heavy (non-hydrogen) atoms. The van der Waals surface area contributed by atoms with Crippen molar-refractivity contribution in [1.29, 1.82) is 0 Å². The van der Waals surface area contributed by atoms with E-state index in [9.17, 15) is 12.8 Å². The lowest BCUT2D eigenvalue weighted by Gasteiger charge is -2.09. The van der Waals surface area contributed by atoms with E-state index in [1.165, 1.54) is 12.1 Å². The molecule has 1 rings (SSSR count). The zero-order valence-corrected chi connectivity index (χ0v) is 12.1. The maximum absolute atomic E-state index is 13.4. The molecule has 0 saturated carbocycles. The minimum absolute atomic E-state index is 0.311. The summed E-state index contributed by atoms with van der Waals surface area (Å²) >= 11 is 3.12. The van der Waals surface area contributed by atoms with Gasteiger partial charge in [-0.3, -0.25) is 0 Å². The molecular weight excluding hydrogens is 309 g/mol. The Morgan fingerprint density at radius 3 is 2.65 bits per heavy atom. The van der Waals surface area contributed by atoms with Crippen molar-refractivity contribution >= 4 is 26.0 Å². The Hall–Kier alpha value is -0.460. The van der Waals surface area contributed by atoms with Gasteiger partial charge in [-0.25, -0.2) is 17.5 Å². The quantitative estimate of drug-likeness (QED) is 0.905. The van der Waals surface area contributed by atoms with Gasteiger partial charge < -0.3 is 0 Å². The third kappa shape index (κ3) is 4.37. The molecule has 0 radical (unpaired) electrons. The van der Waals surface area contributed by atoms with E-state index < -0.39 is 15.8 Å². The molecule has 6 heteroatoms. The normalized spacial score (nSPS) is 12.1. The molecule has 0 aliphatic rings. The lowest BCUT2D eigenvalue weighted by atomic mass is 10.1. The zero-order chi connectivity index (χ0) is 13.1. The fourth-order valence-corrected chi connectivity index (χ4v) is 2.90. The summed E-state index contributed by atoms with van der Waals surface area (Å²) in [6.45, 7) is 4.30. The minimum Gasteiger partial charge on any atom is -0.211 e. The van der Waals surface area contributed by atoms with E-state index in [1.807, 2.05) is 13.8 Å². The Balaban J connectivity index is 2.86. The highest BCUT2D eigenvalue weighted by molar-refractivity contribution is 9.10. The Morgan fingerprint density at radius 1 is 1.41 bits per heavy atom. The van der Waals surface area contributed by atoms with Crippen molar-refractivity contribution in [2.75, 3.05) is 6.54 Å². The molecule has 1 aromatic carbocycles. The van der Waals surface area contributed by atoms with Crippen LogP contribution in [0.15, 0.2) is 27.6 Å². The van der Waals surface area contributed by atoms with Gasteiger partial charge >= 0.3 is 0 Å². The summed E-state index contributed by atoms with van der Waals surface area (Å²) in [6.07, 6.45) is 0.717. The monoisotopic (exact) mass is 323 g/mol. The van der Waals surface area contributed by atoms with Gasteiger partial charge in [-0.1, -0.05) is 29.8 Å². The first-order valence-electron chi connectivity index (χ1n) is 5.27. The summed E-state index contributed by atoms with van der Waals surface area (Å²) in [5, 5.41) is 0. The van der Waals surface area contributed by atoms with Gasteiger partial charge in [0, 0.05) is 11.0 Å². The number of halogens is 2. The highest BCUT2D eigenvalue weighted by atomic mass is 79.9. The van der Waals surface area contributed by atoms with Crippen LogP contribution >= 0.6 is 15.9 Å². The second-order valence-corrected chi connectivity index (χ2v) is 6.81. The highest BCUT2D eigenvalue weighted by Crippen LogP contribution is 2.19. The first kappa shape index (κ1) is 14.6. The van der Waals surface area contributed by atoms with Crippen LogP contribution in [0.25, 0.3) is 0 Å². The lowest BCUT2D eigenvalue weighted by molar-refractivity contribution is 0.540. The van der Waals surface area contributed by atoms with Gasteiger partial charge in [-0.15, -0.1) is 0 Å². The second-order valence-electron chi connectivity index (χ2n) is 4.16. The molecule has 1 aromatic rings. The maximum Gasteiger partial charge on any atom is 0.243 e. The number of rotatable bonds is 5. The van der Waals surface area contributed by atoms with E-state index >= 15 is 0 Å². The predicted octanol–water partition coefficient (Wildman–Crippen LogP) is 2.91. The summed E-state index contributed by atoms with van der Waals surface area (Å²) in [5.74, 6) is -0.352. The van der Waals surface area contributed by atoms with E-state index in [0.29, 0.717) is 16.9 Å². The summed E-state index contributed by atoms with van der Waals surface area (Å²) < 4.78 is 40.0. The largest absolute Gasteiger partial charge is 0.243 e. The van der Waals surface area contributed by atoms with E-state index in [0.717, 1.165) is 12.5 Å². The average molecular weight is 324 g/mol. The number of hydrogen-bond donors (Lipinski definition) is 1. The second kappa shape index (κ2) is 5.93. The standard InChI is InChI=1S/C11H15BrFNO2S/c1-8(2)5-6-14-17(15,16)11-7-9(12)3-4-10(11)13/h3-4,7-8,14H,5-6H2,1-2H3. The van der Waals surface area contributed by atoms with Crippen molar-refractivity contribution in [3.8, 4) is 0 Å². The van der Waals surface area contributed by atoms with Gasteiger partial charge in [0.2, 0.25) is 10.0 Å². The van der Waals surface area contributed by atoms with Crippen LogP contribution in [0.5, 0.6) is 0 Å². The molecule has 0 atom stereocenters. The zero-order valence-electron chi connectivity index (χ0n) is 9.70. The fraction of sp³-hybridized carbons (Fsp3) is 0.455. The fourth-order valence-electron chi connectivity index (χ4n) is 1.24. The molecule has 0 aliphatic carbocycles. The van der Waals surface area contributed by atoms with Crippen molar-refractivity contribution < 1.29 is 12.8 Å². The van der Waals surface area contributed by atoms with Crippen LogP contribution in [-0.4, -0.2) is 15.0 Å². The van der Waals surface area contributed by atoms with Crippen molar-refractivity contribution in [1.82, 2.24) is 4.72 Å². The molecule has 0 fully saturated rings.